The van der Waals surface area contributed by atoms with Crippen molar-refractivity contribution in [1.82, 2.24) is 9.78 Å². The Balaban J connectivity index is 1.68. The molecular formula is C29H28N4O4S. The van der Waals surface area contributed by atoms with Gasteiger partial charge in [-0.3, -0.25) is 9.59 Å². The molecule has 1 unspecified atom stereocenters. The predicted octanol–water partition coefficient (Wildman–Crippen LogP) is 3.34. The van der Waals surface area contributed by atoms with Crippen molar-refractivity contribution in [3.05, 3.63) is 121 Å². The molecule has 1 heterocycles. The topological polar surface area (TPSA) is 138 Å². The second-order valence-corrected chi connectivity index (χ2v) is 11.2. The van der Waals surface area contributed by atoms with Crippen LogP contribution >= 0.6 is 0 Å². The number of primary amides is 2. The summed E-state index contributed by atoms with van der Waals surface area (Å²) in [5, 5.41) is 4.49. The number of nitrogens with zero attached hydrogens (tertiary/aromatic N) is 2. The van der Waals surface area contributed by atoms with Crippen LogP contribution in [0.2, 0.25) is 0 Å². The van der Waals surface area contributed by atoms with Gasteiger partial charge >= 0.3 is 0 Å². The van der Waals surface area contributed by atoms with E-state index >= 15 is 0 Å². The minimum absolute atomic E-state index is 0.303. The van der Waals surface area contributed by atoms with Crippen LogP contribution in [0, 0.1) is 0 Å². The van der Waals surface area contributed by atoms with Crippen molar-refractivity contribution in [1.29, 1.82) is 0 Å². The molecule has 38 heavy (non-hydrogen) atoms. The average molecular weight is 529 g/mol. The van der Waals surface area contributed by atoms with Gasteiger partial charge in [0.2, 0.25) is 16.6 Å². The standard InChI is InChI=1S/C29H28N4O4S/c1-2-26(25-15-14-23-12-6-7-13-24(23)17-25)38(36,37)29(27(30)34,28(31)35)18-22-19-32-33(20-22)16-8-11-21-9-4-3-5-10-21/h2-10,12-17,19-20,26H,1,11,18H2,(H2,30,34)(H2,31,35)/b16-8+. The van der Waals surface area contributed by atoms with E-state index in [9.17, 15) is 18.0 Å². The monoisotopic (exact) mass is 528 g/mol. The molecule has 3 aromatic carbocycles. The Morgan fingerprint density at radius 1 is 0.947 bits per heavy atom. The SMILES string of the molecule is C=CC(c1ccc2ccccc2c1)S(=O)(=O)C(Cc1cnn(/C=C/Cc2ccccc2)c1)(C(N)=O)C(N)=O. The van der Waals surface area contributed by atoms with Gasteiger partial charge in [0.05, 0.1) is 6.20 Å². The van der Waals surface area contributed by atoms with E-state index in [0.29, 0.717) is 17.5 Å². The molecular weight excluding hydrogens is 500 g/mol. The lowest BCUT2D eigenvalue weighted by molar-refractivity contribution is -0.129. The summed E-state index contributed by atoms with van der Waals surface area (Å²) in [7, 11) is -4.66. The quantitative estimate of drug-likeness (QED) is 0.227. The summed E-state index contributed by atoms with van der Waals surface area (Å²) in [4.78, 5) is 25.6. The molecule has 1 atom stereocenters. The molecule has 0 saturated carbocycles. The van der Waals surface area contributed by atoms with Crippen molar-refractivity contribution in [3.8, 4) is 0 Å². The number of carbonyl (C=O) groups is 2. The second-order valence-electron chi connectivity index (χ2n) is 8.94. The molecule has 0 aliphatic heterocycles. The molecule has 2 amide bonds. The Morgan fingerprint density at radius 3 is 2.26 bits per heavy atom. The molecule has 0 spiro atoms. The van der Waals surface area contributed by atoms with E-state index in [1.807, 2.05) is 60.7 Å². The van der Waals surface area contributed by atoms with E-state index in [1.165, 1.54) is 23.2 Å². The van der Waals surface area contributed by atoms with E-state index < -0.39 is 38.1 Å². The van der Waals surface area contributed by atoms with Crippen LogP contribution in [0.3, 0.4) is 0 Å². The lowest BCUT2D eigenvalue weighted by Crippen LogP contribution is -2.61. The molecule has 4 aromatic rings. The van der Waals surface area contributed by atoms with Crippen molar-refractivity contribution in [2.24, 2.45) is 11.5 Å². The summed E-state index contributed by atoms with van der Waals surface area (Å²) < 4.78 is 26.8. The Kier molecular flexibility index (Phi) is 7.59. The van der Waals surface area contributed by atoms with Crippen LogP contribution in [0.1, 0.15) is 21.9 Å². The maximum absolute atomic E-state index is 14.0. The molecule has 4 N–H and O–H groups in total. The number of hydrogen-bond donors (Lipinski definition) is 2. The van der Waals surface area contributed by atoms with Gasteiger partial charge in [0.25, 0.3) is 0 Å². The number of aromatic nitrogens is 2. The van der Waals surface area contributed by atoms with Gasteiger partial charge in [-0.05, 0) is 39.9 Å². The molecule has 0 saturated heterocycles. The van der Waals surface area contributed by atoms with Crippen LogP contribution in [0.15, 0.2) is 104 Å². The van der Waals surface area contributed by atoms with Crippen molar-refractivity contribution < 1.29 is 18.0 Å². The summed E-state index contributed by atoms with van der Waals surface area (Å²) >= 11 is 0. The van der Waals surface area contributed by atoms with Gasteiger partial charge in [0.1, 0.15) is 5.25 Å². The first-order valence-corrected chi connectivity index (χ1v) is 13.4. The summed E-state index contributed by atoms with van der Waals surface area (Å²) in [5.74, 6) is -2.71. The number of amides is 2. The maximum Gasteiger partial charge on any atom is 0.249 e. The lowest BCUT2D eigenvalue weighted by Gasteiger charge is -2.30. The number of sulfone groups is 1. The highest BCUT2D eigenvalue weighted by molar-refractivity contribution is 7.94. The number of carbonyl (C=O) groups excluding carboxylic acids is 2. The van der Waals surface area contributed by atoms with Crippen molar-refractivity contribution in [3.63, 3.8) is 0 Å². The molecule has 194 valence electrons. The van der Waals surface area contributed by atoms with E-state index in [4.69, 9.17) is 11.5 Å². The zero-order valence-electron chi connectivity index (χ0n) is 20.6. The fourth-order valence-electron chi connectivity index (χ4n) is 4.47. The summed E-state index contributed by atoms with van der Waals surface area (Å²) in [6, 6.07) is 22.3. The number of hydrogen-bond acceptors (Lipinski definition) is 5. The van der Waals surface area contributed by atoms with E-state index in [2.05, 4.69) is 11.7 Å². The van der Waals surface area contributed by atoms with Crippen molar-refractivity contribution in [2.45, 2.75) is 22.8 Å². The first-order chi connectivity index (χ1) is 18.2. The zero-order chi connectivity index (χ0) is 27.3. The van der Waals surface area contributed by atoms with Gasteiger partial charge in [-0.2, -0.15) is 5.10 Å². The van der Waals surface area contributed by atoms with Crippen LogP contribution in [-0.2, 0) is 32.3 Å². The number of benzene rings is 3. The predicted molar refractivity (Wildman–Crippen MR) is 148 cm³/mol. The minimum atomic E-state index is -4.66. The highest BCUT2D eigenvalue weighted by atomic mass is 32.2. The number of allylic oxidation sites excluding steroid dienone is 1. The highest BCUT2D eigenvalue weighted by Gasteiger charge is 2.57. The number of rotatable bonds is 11. The third kappa shape index (κ3) is 5.01. The zero-order valence-corrected chi connectivity index (χ0v) is 21.4. The van der Waals surface area contributed by atoms with Gasteiger partial charge in [-0.1, -0.05) is 78.9 Å². The van der Waals surface area contributed by atoms with Crippen LogP contribution in [0.5, 0.6) is 0 Å². The summed E-state index contributed by atoms with van der Waals surface area (Å²) in [6.07, 6.45) is 7.75. The Morgan fingerprint density at radius 2 is 1.61 bits per heavy atom. The van der Waals surface area contributed by atoms with E-state index in [1.54, 1.807) is 24.4 Å². The molecule has 0 aliphatic rings. The van der Waals surface area contributed by atoms with Gasteiger partial charge in [0.15, 0.2) is 9.84 Å². The molecule has 0 radical (unpaired) electrons. The normalized spacial score (nSPS) is 12.9. The third-order valence-electron chi connectivity index (χ3n) is 6.49. The van der Waals surface area contributed by atoms with E-state index in [-0.39, 0.29) is 0 Å². The van der Waals surface area contributed by atoms with Crippen LogP contribution < -0.4 is 11.5 Å². The highest BCUT2D eigenvalue weighted by Crippen LogP contribution is 2.36. The van der Waals surface area contributed by atoms with Gasteiger partial charge in [-0.25, -0.2) is 13.1 Å². The second kappa shape index (κ2) is 10.9. The number of fused-ring (bicyclic) bond motifs is 1. The van der Waals surface area contributed by atoms with Gasteiger partial charge < -0.3 is 11.5 Å². The summed E-state index contributed by atoms with van der Waals surface area (Å²) in [6.45, 7) is 3.68. The van der Waals surface area contributed by atoms with Crippen LogP contribution in [0.25, 0.3) is 17.0 Å². The molecule has 0 bridgehead atoms. The average Bonchev–Trinajstić information content (AvgIpc) is 3.34. The molecule has 0 fully saturated rings. The Hall–Kier alpha value is -4.50. The van der Waals surface area contributed by atoms with Gasteiger partial charge in [-0.15, -0.1) is 6.58 Å². The lowest BCUT2D eigenvalue weighted by atomic mass is 9.99. The first kappa shape index (κ1) is 26.6. The third-order valence-corrected chi connectivity index (χ3v) is 9.15. The Labute approximate surface area is 221 Å². The Bertz CT molecular complexity index is 1610. The number of nitrogens with two attached hydrogens (primary N) is 2. The maximum atomic E-state index is 14.0. The molecule has 8 nitrogen and oxygen atoms in total. The first-order valence-electron chi connectivity index (χ1n) is 11.9. The fraction of sp³-hybridized carbons (Fsp3) is 0.138. The van der Waals surface area contributed by atoms with Crippen molar-refractivity contribution in [2.75, 3.05) is 0 Å². The fourth-order valence-corrected chi connectivity index (χ4v) is 6.59. The van der Waals surface area contributed by atoms with E-state index in [0.717, 1.165) is 16.3 Å². The molecule has 9 heteroatoms. The molecule has 4 rings (SSSR count). The molecule has 1 aromatic heterocycles. The smallest absolute Gasteiger partial charge is 0.249 e. The van der Waals surface area contributed by atoms with Crippen LogP contribution in [0.4, 0.5) is 0 Å². The summed E-state index contributed by atoms with van der Waals surface area (Å²) in [5.41, 5.74) is 13.0. The van der Waals surface area contributed by atoms with Gasteiger partial charge in [0, 0.05) is 18.8 Å². The largest absolute Gasteiger partial charge is 0.368 e. The van der Waals surface area contributed by atoms with Crippen molar-refractivity contribution >= 4 is 38.6 Å². The molecule has 0 aliphatic carbocycles. The minimum Gasteiger partial charge on any atom is -0.368 e. The van der Waals surface area contributed by atoms with Crippen LogP contribution in [-0.4, -0.2) is 34.8 Å².